The quantitative estimate of drug-likeness (QED) is 0.847. The van der Waals surface area contributed by atoms with Gasteiger partial charge in [-0.05, 0) is 47.4 Å². The summed E-state index contributed by atoms with van der Waals surface area (Å²) in [5.41, 5.74) is 7.38. The van der Waals surface area contributed by atoms with Crippen molar-refractivity contribution in [1.82, 2.24) is 9.71 Å². The van der Waals surface area contributed by atoms with Crippen LogP contribution in [0.15, 0.2) is 40.2 Å². The van der Waals surface area contributed by atoms with Gasteiger partial charge in [0.1, 0.15) is 0 Å². The molecule has 3 N–H and O–H groups in total. The SMILES string of the molecule is CC(Cc1ccsc1)NS(=O)(=O)c1ccc(CN)cn1. The van der Waals surface area contributed by atoms with E-state index in [-0.39, 0.29) is 11.1 Å². The molecule has 2 heterocycles. The summed E-state index contributed by atoms with van der Waals surface area (Å²) >= 11 is 1.60. The van der Waals surface area contributed by atoms with Gasteiger partial charge in [-0.15, -0.1) is 0 Å². The van der Waals surface area contributed by atoms with E-state index in [9.17, 15) is 8.42 Å². The Bertz CT molecular complexity index is 637. The molecular formula is C13H17N3O2S2. The molecule has 7 heteroatoms. The minimum atomic E-state index is -3.59. The van der Waals surface area contributed by atoms with E-state index in [1.165, 1.54) is 12.3 Å². The molecule has 5 nitrogen and oxygen atoms in total. The minimum Gasteiger partial charge on any atom is -0.326 e. The smallest absolute Gasteiger partial charge is 0.258 e. The zero-order chi connectivity index (χ0) is 14.6. The lowest BCUT2D eigenvalue weighted by molar-refractivity contribution is 0.556. The lowest BCUT2D eigenvalue weighted by Crippen LogP contribution is -2.34. The molecule has 0 spiro atoms. The predicted octanol–water partition coefficient (Wildman–Crippen LogP) is 1.51. The Morgan fingerprint density at radius 2 is 2.15 bits per heavy atom. The Morgan fingerprint density at radius 1 is 1.35 bits per heavy atom. The van der Waals surface area contributed by atoms with Gasteiger partial charge in [0.2, 0.25) is 0 Å². The fourth-order valence-electron chi connectivity index (χ4n) is 1.82. The fraction of sp³-hybridized carbons (Fsp3) is 0.308. The van der Waals surface area contributed by atoms with Crippen molar-refractivity contribution in [3.63, 3.8) is 0 Å². The largest absolute Gasteiger partial charge is 0.326 e. The third-order valence-electron chi connectivity index (χ3n) is 2.79. The van der Waals surface area contributed by atoms with Crippen molar-refractivity contribution in [2.24, 2.45) is 5.73 Å². The van der Waals surface area contributed by atoms with Crippen LogP contribution in [0.5, 0.6) is 0 Å². The predicted molar refractivity (Wildman–Crippen MR) is 79.9 cm³/mol. The van der Waals surface area contributed by atoms with Gasteiger partial charge in [-0.2, -0.15) is 11.3 Å². The van der Waals surface area contributed by atoms with E-state index in [4.69, 9.17) is 5.73 Å². The van der Waals surface area contributed by atoms with E-state index in [1.807, 2.05) is 23.8 Å². The van der Waals surface area contributed by atoms with Crippen LogP contribution < -0.4 is 10.5 Å². The third-order valence-corrected chi connectivity index (χ3v) is 5.02. The molecule has 0 aliphatic heterocycles. The van der Waals surface area contributed by atoms with Crippen LogP contribution in [0.25, 0.3) is 0 Å². The third kappa shape index (κ3) is 3.86. The first kappa shape index (κ1) is 15.1. The first-order valence-corrected chi connectivity index (χ1v) is 8.62. The van der Waals surface area contributed by atoms with Crippen LogP contribution in [0.4, 0.5) is 0 Å². The van der Waals surface area contributed by atoms with Gasteiger partial charge in [0.15, 0.2) is 5.03 Å². The second-order valence-corrected chi connectivity index (χ2v) is 7.01. The van der Waals surface area contributed by atoms with Crippen LogP contribution in [0.2, 0.25) is 0 Å². The van der Waals surface area contributed by atoms with E-state index < -0.39 is 10.0 Å². The molecule has 0 saturated heterocycles. The first-order valence-electron chi connectivity index (χ1n) is 6.19. The summed E-state index contributed by atoms with van der Waals surface area (Å²) in [6.07, 6.45) is 2.14. The van der Waals surface area contributed by atoms with Gasteiger partial charge in [0.05, 0.1) is 0 Å². The van der Waals surface area contributed by atoms with Crippen molar-refractivity contribution in [3.05, 3.63) is 46.3 Å². The molecule has 1 unspecified atom stereocenters. The number of nitrogens with zero attached hydrogens (tertiary/aromatic N) is 1. The fourth-order valence-corrected chi connectivity index (χ4v) is 3.67. The Hall–Kier alpha value is -1.28. The Labute approximate surface area is 122 Å². The van der Waals surface area contributed by atoms with Gasteiger partial charge in [-0.1, -0.05) is 6.07 Å². The Kier molecular flexibility index (Phi) is 4.87. The molecule has 2 aromatic rings. The second-order valence-electron chi connectivity index (χ2n) is 4.57. The second kappa shape index (κ2) is 6.45. The highest BCUT2D eigenvalue weighted by atomic mass is 32.2. The van der Waals surface area contributed by atoms with Gasteiger partial charge < -0.3 is 5.73 Å². The number of rotatable bonds is 6. The maximum Gasteiger partial charge on any atom is 0.258 e. The Balaban J connectivity index is 2.05. The highest BCUT2D eigenvalue weighted by Crippen LogP contribution is 2.11. The van der Waals surface area contributed by atoms with E-state index >= 15 is 0 Å². The molecule has 2 rings (SSSR count). The number of aromatic nitrogens is 1. The summed E-state index contributed by atoms with van der Waals surface area (Å²) in [7, 11) is -3.59. The summed E-state index contributed by atoms with van der Waals surface area (Å²) in [5, 5.41) is 4.01. The average Bonchev–Trinajstić information content (AvgIpc) is 2.91. The van der Waals surface area contributed by atoms with Crippen LogP contribution in [0, 0.1) is 0 Å². The highest BCUT2D eigenvalue weighted by molar-refractivity contribution is 7.89. The standard InChI is InChI=1S/C13H17N3O2S2/c1-10(6-11-4-5-19-9-11)16-20(17,18)13-3-2-12(7-14)8-15-13/h2-5,8-10,16H,6-7,14H2,1H3. The van der Waals surface area contributed by atoms with Crippen molar-refractivity contribution >= 4 is 21.4 Å². The lowest BCUT2D eigenvalue weighted by Gasteiger charge is -2.13. The monoisotopic (exact) mass is 311 g/mol. The number of hydrogen-bond donors (Lipinski definition) is 2. The molecule has 2 aromatic heterocycles. The number of thiophene rings is 1. The van der Waals surface area contributed by atoms with Crippen LogP contribution >= 0.6 is 11.3 Å². The molecule has 1 atom stereocenters. The number of pyridine rings is 1. The lowest BCUT2D eigenvalue weighted by atomic mass is 10.1. The van der Waals surface area contributed by atoms with E-state index in [0.29, 0.717) is 13.0 Å². The molecule has 0 aliphatic carbocycles. The van der Waals surface area contributed by atoms with Crippen molar-refractivity contribution in [2.45, 2.75) is 31.0 Å². The summed E-state index contributed by atoms with van der Waals surface area (Å²) in [6, 6.07) is 4.95. The molecule has 20 heavy (non-hydrogen) atoms. The average molecular weight is 311 g/mol. The minimum absolute atomic E-state index is 0.0202. The zero-order valence-electron chi connectivity index (χ0n) is 11.1. The van der Waals surface area contributed by atoms with Crippen molar-refractivity contribution in [1.29, 1.82) is 0 Å². The van der Waals surface area contributed by atoms with Gasteiger partial charge in [-0.25, -0.2) is 18.1 Å². The maximum atomic E-state index is 12.2. The van der Waals surface area contributed by atoms with E-state index in [2.05, 4.69) is 9.71 Å². The maximum absolute atomic E-state index is 12.2. The molecule has 0 aliphatic rings. The number of sulfonamides is 1. The van der Waals surface area contributed by atoms with Gasteiger partial charge in [0.25, 0.3) is 10.0 Å². The summed E-state index contributed by atoms with van der Waals surface area (Å²) < 4.78 is 27.0. The Morgan fingerprint density at radius 3 is 2.70 bits per heavy atom. The van der Waals surface area contributed by atoms with Gasteiger partial charge >= 0.3 is 0 Å². The van der Waals surface area contributed by atoms with Gasteiger partial charge in [-0.3, -0.25) is 0 Å². The summed E-state index contributed by atoms with van der Waals surface area (Å²) in [4.78, 5) is 3.94. The molecule has 0 radical (unpaired) electrons. The van der Waals surface area contributed by atoms with Crippen LogP contribution in [0.1, 0.15) is 18.1 Å². The normalized spacial score (nSPS) is 13.3. The van der Waals surface area contributed by atoms with E-state index in [1.54, 1.807) is 17.4 Å². The van der Waals surface area contributed by atoms with Crippen LogP contribution in [0.3, 0.4) is 0 Å². The first-order chi connectivity index (χ1) is 9.51. The molecule has 0 fully saturated rings. The van der Waals surface area contributed by atoms with Gasteiger partial charge in [0, 0.05) is 18.8 Å². The van der Waals surface area contributed by atoms with Crippen LogP contribution in [-0.2, 0) is 23.0 Å². The highest BCUT2D eigenvalue weighted by Gasteiger charge is 2.18. The van der Waals surface area contributed by atoms with Crippen molar-refractivity contribution in [3.8, 4) is 0 Å². The number of nitrogens with two attached hydrogens (primary N) is 1. The van der Waals surface area contributed by atoms with E-state index in [0.717, 1.165) is 11.1 Å². The van der Waals surface area contributed by atoms with Crippen molar-refractivity contribution < 1.29 is 8.42 Å². The topological polar surface area (TPSA) is 85.1 Å². The molecule has 0 bridgehead atoms. The number of hydrogen-bond acceptors (Lipinski definition) is 5. The molecule has 0 amide bonds. The summed E-state index contributed by atoms with van der Waals surface area (Å²) in [5.74, 6) is 0. The van der Waals surface area contributed by atoms with Crippen molar-refractivity contribution in [2.75, 3.05) is 0 Å². The molecule has 0 saturated carbocycles. The summed E-state index contributed by atoms with van der Waals surface area (Å²) in [6.45, 7) is 2.18. The number of nitrogens with one attached hydrogen (secondary N) is 1. The zero-order valence-corrected chi connectivity index (χ0v) is 12.7. The molecular weight excluding hydrogens is 294 g/mol. The molecule has 108 valence electrons. The molecule has 0 aromatic carbocycles. The van der Waals surface area contributed by atoms with Crippen LogP contribution in [-0.4, -0.2) is 19.4 Å².